The largest absolute Gasteiger partial charge is 0.481 e. The minimum Gasteiger partial charge on any atom is -0.481 e. The summed E-state index contributed by atoms with van der Waals surface area (Å²) in [7, 11) is 0. The van der Waals surface area contributed by atoms with E-state index in [1.165, 1.54) is 26.2 Å². The van der Waals surface area contributed by atoms with Crippen molar-refractivity contribution < 1.29 is 23.1 Å². The first-order valence-corrected chi connectivity index (χ1v) is 5.40. The van der Waals surface area contributed by atoms with Crippen LogP contribution in [-0.2, 0) is 11.2 Å². The molecule has 0 aliphatic carbocycles. The Morgan fingerprint density at radius 1 is 1.44 bits per heavy atom. The van der Waals surface area contributed by atoms with Crippen LogP contribution in [0.5, 0.6) is 0 Å². The molecule has 0 atom stereocenters. The van der Waals surface area contributed by atoms with Gasteiger partial charge in [-0.25, -0.2) is 8.78 Å². The molecule has 1 N–H and O–H groups in total. The van der Waals surface area contributed by atoms with Crippen molar-refractivity contribution >= 4 is 16.9 Å². The maximum absolute atomic E-state index is 14.1. The number of furan rings is 1. The summed E-state index contributed by atoms with van der Waals surface area (Å²) in [6, 6.07) is 2.47. The molecule has 0 fully saturated rings. The maximum Gasteiger partial charge on any atom is 0.309 e. The fourth-order valence-corrected chi connectivity index (χ4v) is 1.76. The van der Waals surface area contributed by atoms with Crippen LogP contribution in [0.4, 0.5) is 8.78 Å². The number of fused-ring (bicyclic) bond motifs is 1. The Kier molecular flexibility index (Phi) is 2.84. The van der Waals surface area contributed by atoms with Crippen LogP contribution in [0.1, 0.15) is 19.4 Å². The van der Waals surface area contributed by atoms with Crippen LogP contribution in [0.15, 0.2) is 22.8 Å². The lowest BCUT2D eigenvalue weighted by atomic mass is 9.85. The lowest BCUT2D eigenvalue weighted by molar-refractivity contribution is -0.146. The molecule has 0 aliphatic heterocycles. The number of carboxylic acid groups (broad SMARTS) is 1. The molecule has 96 valence electrons. The minimum atomic E-state index is -1.24. The van der Waals surface area contributed by atoms with E-state index in [0.717, 1.165) is 6.07 Å². The number of carbonyl (C=O) groups is 1. The van der Waals surface area contributed by atoms with Crippen molar-refractivity contribution in [3.05, 3.63) is 35.6 Å². The SMILES string of the molecule is CC(C)(Cc1c(F)cc2occc2c1F)C(=O)O. The summed E-state index contributed by atoms with van der Waals surface area (Å²) >= 11 is 0. The van der Waals surface area contributed by atoms with Crippen LogP contribution in [0.2, 0.25) is 0 Å². The topological polar surface area (TPSA) is 50.4 Å². The number of carboxylic acids is 1. The van der Waals surface area contributed by atoms with E-state index in [1.54, 1.807) is 0 Å². The number of hydrogen-bond acceptors (Lipinski definition) is 2. The van der Waals surface area contributed by atoms with Gasteiger partial charge in [-0.2, -0.15) is 0 Å². The van der Waals surface area contributed by atoms with E-state index in [4.69, 9.17) is 9.52 Å². The van der Waals surface area contributed by atoms with Gasteiger partial charge >= 0.3 is 5.97 Å². The average Bonchev–Trinajstić information content (AvgIpc) is 2.72. The van der Waals surface area contributed by atoms with E-state index < -0.39 is 23.0 Å². The van der Waals surface area contributed by atoms with Gasteiger partial charge in [-0.1, -0.05) is 0 Å². The molecule has 0 bridgehead atoms. The quantitative estimate of drug-likeness (QED) is 0.913. The van der Waals surface area contributed by atoms with Crippen LogP contribution < -0.4 is 0 Å². The van der Waals surface area contributed by atoms with Crippen molar-refractivity contribution in [2.45, 2.75) is 20.3 Å². The molecule has 1 aromatic carbocycles. The highest BCUT2D eigenvalue weighted by Crippen LogP contribution is 2.30. The fourth-order valence-electron chi connectivity index (χ4n) is 1.76. The molecule has 1 heterocycles. The van der Waals surface area contributed by atoms with Gasteiger partial charge in [-0.05, 0) is 26.3 Å². The average molecular weight is 254 g/mol. The Hall–Kier alpha value is -1.91. The molecule has 18 heavy (non-hydrogen) atoms. The number of hydrogen-bond donors (Lipinski definition) is 1. The molecular weight excluding hydrogens is 242 g/mol. The third-order valence-corrected chi connectivity index (χ3v) is 2.94. The zero-order chi connectivity index (χ0) is 13.5. The van der Waals surface area contributed by atoms with E-state index in [2.05, 4.69) is 0 Å². The molecule has 1 aromatic heterocycles. The van der Waals surface area contributed by atoms with Crippen LogP contribution in [0, 0.1) is 17.0 Å². The van der Waals surface area contributed by atoms with Gasteiger partial charge in [0.25, 0.3) is 0 Å². The van der Waals surface area contributed by atoms with Gasteiger partial charge in [0.1, 0.15) is 17.2 Å². The number of halogens is 2. The predicted octanol–water partition coefficient (Wildman–Crippen LogP) is 3.36. The molecule has 0 saturated carbocycles. The van der Waals surface area contributed by atoms with Crippen molar-refractivity contribution in [3.8, 4) is 0 Å². The van der Waals surface area contributed by atoms with Crippen LogP contribution >= 0.6 is 0 Å². The lowest BCUT2D eigenvalue weighted by Gasteiger charge is -2.19. The molecule has 0 amide bonds. The van der Waals surface area contributed by atoms with Crippen LogP contribution in [0.3, 0.4) is 0 Å². The Bertz CT molecular complexity index is 614. The highest BCUT2D eigenvalue weighted by atomic mass is 19.1. The summed E-state index contributed by atoms with van der Waals surface area (Å²) in [5, 5.41) is 9.15. The maximum atomic E-state index is 14.1. The standard InChI is InChI=1S/C13H12F2O3/c1-13(2,12(16)17)6-8-9(14)5-10-7(11(8)15)3-4-18-10/h3-5H,6H2,1-2H3,(H,16,17). The summed E-state index contributed by atoms with van der Waals surface area (Å²) in [5.41, 5.74) is -1.35. The smallest absolute Gasteiger partial charge is 0.309 e. The summed E-state index contributed by atoms with van der Waals surface area (Å²) in [6.45, 7) is 2.85. The van der Waals surface area contributed by atoms with Crippen molar-refractivity contribution in [2.24, 2.45) is 5.41 Å². The van der Waals surface area contributed by atoms with Gasteiger partial charge in [-0.3, -0.25) is 4.79 Å². The highest BCUT2D eigenvalue weighted by Gasteiger charge is 2.30. The first-order chi connectivity index (χ1) is 8.33. The summed E-state index contributed by atoms with van der Waals surface area (Å²) in [5.74, 6) is -2.65. The monoisotopic (exact) mass is 254 g/mol. The van der Waals surface area contributed by atoms with Crippen molar-refractivity contribution in [2.75, 3.05) is 0 Å². The highest BCUT2D eigenvalue weighted by molar-refractivity contribution is 5.79. The van der Waals surface area contributed by atoms with Gasteiger partial charge in [-0.15, -0.1) is 0 Å². The van der Waals surface area contributed by atoms with E-state index in [9.17, 15) is 13.6 Å². The molecule has 5 heteroatoms. The Balaban J connectivity index is 2.54. The summed E-state index contributed by atoms with van der Waals surface area (Å²) in [6.07, 6.45) is 1.04. The fraction of sp³-hybridized carbons (Fsp3) is 0.308. The van der Waals surface area contributed by atoms with Crippen LogP contribution in [-0.4, -0.2) is 11.1 Å². The third kappa shape index (κ3) is 1.96. The lowest BCUT2D eigenvalue weighted by Crippen LogP contribution is -2.27. The van der Waals surface area contributed by atoms with E-state index in [1.807, 2.05) is 0 Å². The molecule has 2 aromatic rings. The molecule has 0 radical (unpaired) electrons. The zero-order valence-electron chi connectivity index (χ0n) is 9.96. The molecular formula is C13H12F2O3. The molecule has 0 spiro atoms. The molecule has 0 aliphatic rings. The third-order valence-electron chi connectivity index (χ3n) is 2.94. The van der Waals surface area contributed by atoms with Gasteiger partial charge in [0.05, 0.1) is 17.1 Å². The second kappa shape index (κ2) is 4.08. The van der Waals surface area contributed by atoms with Gasteiger partial charge in [0.15, 0.2) is 0 Å². The second-order valence-electron chi connectivity index (χ2n) is 4.85. The molecule has 3 nitrogen and oxygen atoms in total. The molecule has 2 rings (SSSR count). The van der Waals surface area contributed by atoms with Crippen molar-refractivity contribution in [3.63, 3.8) is 0 Å². The number of rotatable bonds is 3. The molecule has 0 unspecified atom stereocenters. The number of benzene rings is 1. The second-order valence-corrected chi connectivity index (χ2v) is 4.85. The Morgan fingerprint density at radius 2 is 2.11 bits per heavy atom. The minimum absolute atomic E-state index is 0.113. The van der Waals surface area contributed by atoms with Gasteiger partial charge < -0.3 is 9.52 Å². The van der Waals surface area contributed by atoms with Crippen molar-refractivity contribution in [1.29, 1.82) is 0 Å². The van der Waals surface area contributed by atoms with Crippen molar-refractivity contribution in [1.82, 2.24) is 0 Å². The first-order valence-electron chi connectivity index (χ1n) is 5.40. The van der Waals surface area contributed by atoms with E-state index in [0.29, 0.717) is 0 Å². The zero-order valence-corrected chi connectivity index (χ0v) is 9.96. The van der Waals surface area contributed by atoms with Gasteiger partial charge in [0, 0.05) is 11.6 Å². The van der Waals surface area contributed by atoms with E-state index >= 15 is 0 Å². The predicted molar refractivity (Wildman–Crippen MR) is 61.3 cm³/mol. The Morgan fingerprint density at radius 3 is 2.72 bits per heavy atom. The normalized spacial score (nSPS) is 12.0. The number of aliphatic carboxylic acids is 1. The van der Waals surface area contributed by atoms with Gasteiger partial charge in [0.2, 0.25) is 0 Å². The summed E-state index contributed by atoms with van der Waals surface area (Å²) in [4.78, 5) is 11.0. The van der Waals surface area contributed by atoms with Crippen LogP contribution in [0.25, 0.3) is 11.0 Å². The summed E-state index contributed by atoms with van der Waals surface area (Å²) < 4.78 is 32.7. The Labute approximate surface area is 102 Å². The molecule has 0 saturated heterocycles. The first kappa shape index (κ1) is 12.5. The van der Waals surface area contributed by atoms with E-state index in [-0.39, 0.29) is 23.0 Å².